The number of carboxylic acid groups (broad SMARTS) is 1. The number of imidazole rings is 1. The SMILES string of the molecule is CCc1cc(-c2nc3c(C(=O)O)cccc3[nH]2)n(CC)n1. The number of aryl methyl sites for hydroxylation is 2. The monoisotopic (exact) mass is 284 g/mol. The molecule has 6 heteroatoms. The summed E-state index contributed by atoms with van der Waals surface area (Å²) in [5, 5.41) is 13.7. The van der Waals surface area contributed by atoms with E-state index in [9.17, 15) is 9.90 Å². The van der Waals surface area contributed by atoms with Crippen LogP contribution in [0.2, 0.25) is 0 Å². The topological polar surface area (TPSA) is 83.8 Å². The highest BCUT2D eigenvalue weighted by Crippen LogP contribution is 2.24. The Hall–Kier alpha value is -2.63. The first-order valence-electron chi connectivity index (χ1n) is 6.93. The van der Waals surface area contributed by atoms with Crippen molar-refractivity contribution in [1.82, 2.24) is 19.7 Å². The smallest absolute Gasteiger partial charge is 0.337 e. The van der Waals surface area contributed by atoms with Gasteiger partial charge in [-0.15, -0.1) is 0 Å². The second-order valence-electron chi connectivity index (χ2n) is 4.78. The quantitative estimate of drug-likeness (QED) is 0.771. The number of para-hydroxylation sites is 1. The normalized spacial score (nSPS) is 11.1. The number of rotatable bonds is 4. The summed E-state index contributed by atoms with van der Waals surface area (Å²) in [4.78, 5) is 18.9. The largest absolute Gasteiger partial charge is 0.478 e. The van der Waals surface area contributed by atoms with Crippen LogP contribution in [0.15, 0.2) is 24.3 Å². The second-order valence-corrected chi connectivity index (χ2v) is 4.78. The third-order valence-electron chi connectivity index (χ3n) is 3.48. The predicted molar refractivity (Wildman–Crippen MR) is 79.3 cm³/mol. The fraction of sp³-hybridized carbons (Fsp3) is 0.267. The van der Waals surface area contributed by atoms with Crippen molar-refractivity contribution in [2.75, 3.05) is 0 Å². The molecular formula is C15H16N4O2. The highest BCUT2D eigenvalue weighted by atomic mass is 16.4. The number of fused-ring (bicyclic) bond motifs is 1. The van der Waals surface area contributed by atoms with Crippen molar-refractivity contribution in [1.29, 1.82) is 0 Å². The molecular weight excluding hydrogens is 268 g/mol. The molecule has 0 radical (unpaired) electrons. The Morgan fingerprint density at radius 1 is 1.38 bits per heavy atom. The maximum atomic E-state index is 11.3. The van der Waals surface area contributed by atoms with E-state index in [-0.39, 0.29) is 5.56 Å². The van der Waals surface area contributed by atoms with Crippen LogP contribution in [0.5, 0.6) is 0 Å². The molecule has 2 N–H and O–H groups in total. The molecule has 0 aliphatic carbocycles. The minimum atomic E-state index is -0.975. The zero-order valence-corrected chi connectivity index (χ0v) is 11.9. The number of nitrogens with one attached hydrogen (secondary N) is 1. The van der Waals surface area contributed by atoms with E-state index in [2.05, 4.69) is 15.1 Å². The maximum Gasteiger partial charge on any atom is 0.337 e. The molecule has 0 aliphatic heterocycles. The lowest BCUT2D eigenvalue weighted by molar-refractivity contribution is 0.0699. The average Bonchev–Trinajstić information content (AvgIpc) is 3.09. The lowest BCUT2D eigenvalue weighted by Crippen LogP contribution is -2.00. The fourth-order valence-corrected chi connectivity index (χ4v) is 2.40. The second kappa shape index (κ2) is 5.05. The van der Waals surface area contributed by atoms with E-state index >= 15 is 0 Å². The first kappa shape index (κ1) is 13.4. The standard InChI is InChI=1S/C15H16N4O2/c1-3-9-8-12(19(4-2)18-9)14-16-11-7-5-6-10(15(20)21)13(11)17-14/h5-8H,3-4H2,1-2H3,(H,16,17)(H,20,21). The summed E-state index contributed by atoms with van der Waals surface area (Å²) in [6, 6.07) is 7.08. The number of nitrogens with zero attached hydrogens (tertiary/aromatic N) is 3. The van der Waals surface area contributed by atoms with Gasteiger partial charge < -0.3 is 10.1 Å². The number of H-pyrrole nitrogens is 1. The van der Waals surface area contributed by atoms with Gasteiger partial charge in [-0.25, -0.2) is 9.78 Å². The van der Waals surface area contributed by atoms with E-state index in [1.54, 1.807) is 12.1 Å². The molecule has 0 spiro atoms. The highest BCUT2D eigenvalue weighted by Gasteiger charge is 2.16. The molecule has 2 aromatic heterocycles. The van der Waals surface area contributed by atoms with Gasteiger partial charge in [0.25, 0.3) is 0 Å². The molecule has 0 saturated carbocycles. The first-order chi connectivity index (χ1) is 10.1. The van der Waals surface area contributed by atoms with Crippen molar-refractivity contribution in [3.63, 3.8) is 0 Å². The van der Waals surface area contributed by atoms with Gasteiger partial charge >= 0.3 is 5.97 Å². The molecule has 3 rings (SSSR count). The van der Waals surface area contributed by atoms with Crippen LogP contribution in [0.3, 0.4) is 0 Å². The van der Waals surface area contributed by atoms with Gasteiger partial charge in [-0.05, 0) is 31.5 Å². The van der Waals surface area contributed by atoms with Crippen molar-refractivity contribution in [3.8, 4) is 11.5 Å². The summed E-state index contributed by atoms with van der Waals surface area (Å²) < 4.78 is 1.87. The molecule has 1 aromatic carbocycles. The van der Waals surface area contributed by atoms with Crippen molar-refractivity contribution in [2.24, 2.45) is 0 Å². The molecule has 0 saturated heterocycles. The number of aromatic nitrogens is 4. The van der Waals surface area contributed by atoms with Crippen molar-refractivity contribution in [2.45, 2.75) is 26.8 Å². The van der Waals surface area contributed by atoms with Gasteiger partial charge in [0.05, 0.1) is 16.8 Å². The van der Waals surface area contributed by atoms with E-state index in [1.165, 1.54) is 0 Å². The van der Waals surface area contributed by atoms with Gasteiger partial charge in [0.2, 0.25) is 0 Å². The van der Waals surface area contributed by atoms with E-state index in [0.29, 0.717) is 16.9 Å². The third-order valence-corrected chi connectivity index (χ3v) is 3.48. The van der Waals surface area contributed by atoms with Crippen LogP contribution in [0, 0.1) is 0 Å². The van der Waals surface area contributed by atoms with Crippen molar-refractivity contribution < 1.29 is 9.90 Å². The molecule has 21 heavy (non-hydrogen) atoms. The molecule has 2 heterocycles. The maximum absolute atomic E-state index is 11.3. The Labute approximate surface area is 121 Å². The zero-order valence-electron chi connectivity index (χ0n) is 11.9. The zero-order chi connectivity index (χ0) is 15.0. The van der Waals surface area contributed by atoms with E-state index < -0.39 is 5.97 Å². The Bertz CT molecular complexity index is 816. The summed E-state index contributed by atoms with van der Waals surface area (Å²) in [5.41, 5.74) is 3.26. The molecule has 0 unspecified atom stereocenters. The van der Waals surface area contributed by atoms with Crippen LogP contribution in [-0.2, 0) is 13.0 Å². The molecule has 0 fully saturated rings. The lowest BCUT2D eigenvalue weighted by Gasteiger charge is -2.00. The Morgan fingerprint density at radius 3 is 2.86 bits per heavy atom. The number of aromatic carboxylic acids is 1. The third kappa shape index (κ3) is 2.18. The van der Waals surface area contributed by atoms with Gasteiger partial charge in [-0.3, -0.25) is 4.68 Å². The number of carbonyl (C=O) groups is 1. The summed E-state index contributed by atoms with van der Waals surface area (Å²) in [7, 11) is 0. The number of hydrogen-bond acceptors (Lipinski definition) is 3. The summed E-state index contributed by atoms with van der Waals surface area (Å²) in [6.45, 7) is 4.80. The predicted octanol–water partition coefficient (Wildman–Crippen LogP) is 2.71. The van der Waals surface area contributed by atoms with Gasteiger partial charge in [0.1, 0.15) is 11.2 Å². The van der Waals surface area contributed by atoms with Gasteiger partial charge in [-0.1, -0.05) is 13.0 Å². The van der Waals surface area contributed by atoms with Crippen LogP contribution in [-0.4, -0.2) is 30.8 Å². The number of benzene rings is 1. The molecule has 0 atom stereocenters. The minimum absolute atomic E-state index is 0.202. The van der Waals surface area contributed by atoms with Crippen LogP contribution < -0.4 is 0 Å². The van der Waals surface area contributed by atoms with E-state index in [4.69, 9.17) is 0 Å². The number of aromatic amines is 1. The van der Waals surface area contributed by atoms with Crippen LogP contribution in [0.1, 0.15) is 29.9 Å². The number of carboxylic acids is 1. The fourth-order valence-electron chi connectivity index (χ4n) is 2.40. The Morgan fingerprint density at radius 2 is 2.19 bits per heavy atom. The van der Waals surface area contributed by atoms with E-state index in [0.717, 1.165) is 24.4 Å². The van der Waals surface area contributed by atoms with Crippen LogP contribution >= 0.6 is 0 Å². The van der Waals surface area contributed by atoms with Crippen LogP contribution in [0.4, 0.5) is 0 Å². The van der Waals surface area contributed by atoms with E-state index in [1.807, 2.05) is 30.7 Å². The summed E-state index contributed by atoms with van der Waals surface area (Å²) >= 11 is 0. The first-order valence-corrected chi connectivity index (χ1v) is 6.93. The highest BCUT2D eigenvalue weighted by molar-refractivity contribution is 6.01. The molecule has 0 bridgehead atoms. The molecule has 108 valence electrons. The Kier molecular flexibility index (Phi) is 3.21. The molecule has 6 nitrogen and oxygen atoms in total. The summed E-state index contributed by atoms with van der Waals surface area (Å²) in [6.07, 6.45) is 0.848. The summed E-state index contributed by atoms with van der Waals surface area (Å²) in [5.74, 6) is -0.329. The molecule has 3 aromatic rings. The molecule has 0 amide bonds. The van der Waals surface area contributed by atoms with Crippen LogP contribution in [0.25, 0.3) is 22.6 Å². The van der Waals surface area contributed by atoms with Gasteiger partial charge in [-0.2, -0.15) is 5.10 Å². The Balaban J connectivity index is 2.20. The lowest BCUT2D eigenvalue weighted by atomic mass is 10.2. The van der Waals surface area contributed by atoms with Gasteiger partial charge in [0.15, 0.2) is 5.82 Å². The van der Waals surface area contributed by atoms with Crippen molar-refractivity contribution in [3.05, 3.63) is 35.5 Å². The molecule has 0 aliphatic rings. The van der Waals surface area contributed by atoms with Gasteiger partial charge in [0, 0.05) is 6.54 Å². The average molecular weight is 284 g/mol. The van der Waals surface area contributed by atoms with Crippen molar-refractivity contribution >= 4 is 17.0 Å². The minimum Gasteiger partial charge on any atom is -0.478 e. The number of hydrogen-bond donors (Lipinski definition) is 2.